The molecule has 16 heteroatoms. The third kappa shape index (κ3) is 11.0. The molecule has 1 fully saturated rings. The lowest BCUT2D eigenvalue weighted by atomic mass is 10.0. The van der Waals surface area contributed by atoms with E-state index in [0.29, 0.717) is 6.42 Å². The van der Waals surface area contributed by atoms with Crippen LogP contribution in [0.3, 0.4) is 0 Å². The quantitative estimate of drug-likeness (QED) is 0.0833. The maximum Gasteiger partial charge on any atom is 0.326 e. The van der Waals surface area contributed by atoms with Crippen molar-refractivity contribution in [3.8, 4) is 0 Å². The van der Waals surface area contributed by atoms with E-state index in [9.17, 15) is 49.2 Å². The van der Waals surface area contributed by atoms with Crippen molar-refractivity contribution in [3.05, 3.63) is 0 Å². The fourth-order valence-electron chi connectivity index (χ4n) is 4.50. The first-order valence-electron chi connectivity index (χ1n) is 14.4. The fraction of sp³-hybridized carbons (Fsp3) is 0.778. The highest BCUT2D eigenvalue weighted by molar-refractivity contribution is 5.97. The van der Waals surface area contributed by atoms with Gasteiger partial charge in [0.25, 0.3) is 0 Å². The third-order valence-electron chi connectivity index (χ3n) is 7.11. The van der Waals surface area contributed by atoms with E-state index in [-0.39, 0.29) is 31.2 Å². The number of aliphatic carboxylic acids is 1. The van der Waals surface area contributed by atoms with Crippen LogP contribution in [-0.4, -0.2) is 122 Å². The maximum absolute atomic E-state index is 13.5. The summed E-state index contributed by atoms with van der Waals surface area (Å²) in [7, 11) is 0. The molecule has 16 nitrogen and oxygen atoms in total. The van der Waals surface area contributed by atoms with Crippen LogP contribution in [0.4, 0.5) is 0 Å². The molecule has 0 aromatic carbocycles. The van der Waals surface area contributed by atoms with Crippen LogP contribution < -0.4 is 27.0 Å². The van der Waals surface area contributed by atoms with Crippen LogP contribution in [0.5, 0.6) is 0 Å². The Kier molecular flexibility index (Phi) is 15.0. The number of carbonyl (C=O) groups excluding carboxylic acids is 5. The van der Waals surface area contributed by atoms with Gasteiger partial charge in [0.1, 0.15) is 30.2 Å². The minimum Gasteiger partial charge on any atom is -0.480 e. The van der Waals surface area contributed by atoms with Gasteiger partial charge in [-0.1, -0.05) is 27.7 Å². The average Bonchev–Trinajstić information content (AvgIpc) is 3.41. The van der Waals surface area contributed by atoms with Crippen molar-refractivity contribution in [1.29, 1.82) is 0 Å². The summed E-state index contributed by atoms with van der Waals surface area (Å²) in [6.07, 6.45) is -2.21. The van der Waals surface area contributed by atoms with Crippen LogP contribution in [0.15, 0.2) is 0 Å². The number of aliphatic hydroxyl groups is 3. The standard InChI is InChI=1S/C27H48N6O10/c1-12(2)10-16(27(42)43)29-25(40)20(14(5)35)31-23(38)18-8-7-9-33(18)26(41)21(15(6)36)32-22(37)17(11-34)30-24(39)19(28)13(3)4/h12-21,34-36H,7-11,28H2,1-6H3,(H,29,40)(H,30,39)(H,31,38)(H,32,37)(H,42,43)/t14-,15-,16+,17+,18+,19+,20+,21+/m1/s1. The number of likely N-dealkylation sites (tertiary alicyclic amines) is 1. The SMILES string of the molecule is CC(C)C[C@H](NC(=O)[C@@H](NC(=O)[C@@H]1CCCN1C(=O)[C@@H](NC(=O)[C@H](CO)NC(=O)[C@@H](N)C(C)C)[C@@H](C)O)[C@@H](C)O)C(=O)O. The van der Waals surface area contributed by atoms with Gasteiger partial charge in [0, 0.05) is 6.54 Å². The summed E-state index contributed by atoms with van der Waals surface area (Å²) in [5.74, 6) is -5.82. The Balaban J connectivity index is 3.05. The van der Waals surface area contributed by atoms with Crippen molar-refractivity contribution in [2.45, 2.75) is 109 Å². The molecule has 10 N–H and O–H groups in total. The van der Waals surface area contributed by atoms with E-state index < -0.39 is 90.6 Å². The van der Waals surface area contributed by atoms with Crippen molar-refractivity contribution in [2.24, 2.45) is 17.6 Å². The van der Waals surface area contributed by atoms with Gasteiger partial charge in [-0.15, -0.1) is 0 Å². The van der Waals surface area contributed by atoms with Gasteiger partial charge < -0.3 is 52.3 Å². The van der Waals surface area contributed by atoms with Gasteiger partial charge >= 0.3 is 5.97 Å². The number of aliphatic hydroxyl groups excluding tert-OH is 3. The number of nitrogens with zero attached hydrogens (tertiary/aromatic N) is 1. The molecule has 0 aliphatic carbocycles. The Bertz CT molecular complexity index is 1000. The molecule has 1 rings (SSSR count). The molecule has 0 aromatic rings. The lowest BCUT2D eigenvalue weighted by Crippen LogP contribution is -2.62. The van der Waals surface area contributed by atoms with Crippen molar-refractivity contribution in [2.75, 3.05) is 13.2 Å². The number of carboxylic acids is 1. The lowest BCUT2D eigenvalue weighted by Gasteiger charge is -2.32. The Morgan fingerprint density at radius 2 is 1.37 bits per heavy atom. The number of nitrogens with one attached hydrogen (secondary N) is 4. The molecule has 1 aliphatic heterocycles. The first-order chi connectivity index (χ1) is 19.9. The zero-order chi connectivity index (χ0) is 33.2. The van der Waals surface area contributed by atoms with E-state index in [1.165, 1.54) is 13.8 Å². The second kappa shape index (κ2) is 17.1. The van der Waals surface area contributed by atoms with Crippen molar-refractivity contribution in [1.82, 2.24) is 26.2 Å². The van der Waals surface area contributed by atoms with Crippen molar-refractivity contribution in [3.63, 3.8) is 0 Å². The van der Waals surface area contributed by atoms with E-state index >= 15 is 0 Å². The summed E-state index contributed by atoms with van der Waals surface area (Å²) in [4.78, 5) is 77.4. The molecule has 0 radical (unpaired) electrons. The number of carbonyl (C=O) groups is 6. The minimum absolute atomic E-state index is 0.0667. The summed E-state index contributed by atoms with van der Waals surface area (Å²) >= 11 is 0. The monoisotopic (exact) mass is 616 g/mol. The second-order valence-corrected chi connectivity index (χ2v) is 11.7. The van der Waals surface area contributed by atoms with Crippen LogP contribution in [0.1, 0.15) is 60.8 Å². The molecular formula is C27H48N6O10. The van der Waals surface area contributed by atoms with Crippen LogP contribution in [0.2, 0.25) is 0 Å². The molecule has 1 heterocycles. The van der Waals surface area contributed by atoms with Gasteiger partial charge in [0.05, 0.1) is 24.9 Å². The van der Waals surface area contributed by atoms with Crippen LogP contribution >= 0.6 is 0 Å². The van der Waals surface area contributed by atoms with Crippen molar-refractivity contribution < 1.29 is 49.2 Å². The van der Waals surface area contributed by atoms with E-state index in [4.69, 9.17) is 5.73 Å². The summed E-state index contributed by atoms with van der Waals surface area (Å²) in [5, 5.41) is 49.0. The van der Waals surface area contributed by atoms with E-state index in [1.807, 2.05) is 0 Å². The van der Waals surface area contributed by atoms with Crippen LogP contribution in [0, 0.1) is 11.8 Å². The zero-order valence-corrected chi connectivity index (χ0v) is 25.6. The molecule has 0 unspecified atom stereocenters. The molecule has 8 atom stereocenters. The Morgan fingerprint density at radius 1 is 0.814 bits per heavy atom. The number of carboxylic acid groups (broad SMARTS) is 1. The zero-order valence-electron chi connectivity index (χ0n) is 25.6. The summed E-state index contributed by atoms with van der Waals surface area (Å²) < 4.78 is 0. The normalized spacial score (nSPS) is 19.9. The van der Waals surface area contributed by atoms with Crippen LogP contribution in [0.25, 0.3) is 0 Å². The molecular weight excluding hydrogens is 568 g/mol. The summed E-state index contributed by atoms with van der Waals surface area (Å²) in [6.45, 7) is 8.65. The molecule has 0 bridgehead atoms. The predicted octanol–water partition coefficient (Wildman–Crippen LogP) is -3.22. The van der Waals surface area contributed by atoms with Crippen molar-refractivity contribution >= 4 is 35.5 Å². The lowest BCUT2D eigenvalue weighted by molar-refractivity contribution is -0.146. The molecule has 1 aliphatic rings. The Hall–Kier alpha value is -3.34. The number of hydrogen-bond donors (Lipinski definition) is 9. The Labute approximate surface area is 251 Å². The predicted molar refractivity (Wildman–Crippen MR) is 153 cm³/mol. The molecule has 246 valence electrons. The first-order valence-corrected chi connectivity index (χ1v) is 14.4. The maximum atomic E-state index is 13.5. The number of nitrogens with two attached hydrogens (primary N) is 1. The number of amides is 5. The minimum atomic E-state index is -1.56. The molecule has 0 saturated carbocycles. The third-order valence-corrected chi connectivity index (χ3v) is 7.11. The van der Waals surface area contributed by atoms with Gasteiger partial charge in [-0.25, -0.2) is 4.79 Å². The molecule has 5 amide bonds. The van der Waals surface area contributed by atoms with Gasteiger partial charge in [-0.3, -0.25) is 24.0 Å². The average molecular weight is 617 g/mol. The number of hydrogen-bond acceptors (Lipinski definition) is 10. The van der Waals surface area contributed by atoms with E-state index in [0.717, 1.165) is 4.90 Å². The highest BCUT2D eigenvalue weighted by Gasteiger charge is 2.41. The summed E-state index contributed by atoms with van der Waals surface area (Å²) in [6, 6.07) is -7.91. The highest BCUT2D eigenvalue weighted by Crippen LogP contribution is 2.20. The summed E-state index contributed by atoms with van der Waals surface area (Å²) in [5.41, 5.74) is 5.78. The highest BCUT2D eigenvalue weighted by atomic mass is 16.4. The molecule has 43 heavy (non-hydrogen) atoms. The smallest absolute Gasteiger partial charge is 0.326 e. The van der Waals surface area contributed by atoms with Gasteiger partial charge in [0.2, 0.25) is 29.5 Å². The second-order valence-electron chi connectivity index (χ2n) is 11.7. The van der Waals surface area contributed by atoms with Gasteiger partial charge in [-0.2, -0.15) is 0 Å². The Morgan fingerprint density at radius 3 is 1.84 bits per heavy atom. The van der Waals surface area contributed by atoms with E-state index in [1.54, 1.807) is 27.7 Å². The molecule has 0 aromatic heterocycles. The van der Waals surface area contributed by atoms with E-state index in [2.05, 4.69) is 21.3 Å². The topological polar surface area (TPSA) is 261 Å². The number of rotatable bonds is 16. The molecule has 1 saturated heterocycles. The molecule has 0 spiro atoms. The first kappa shape index (κ1) is 37.7. The van der Waals surface area contributed by atoms with Gasteiger partial charge in [0.15, 0.2) is 0 Å². The largest absolute Gasteiger partial charge is 0.480 e. The van der Waals surface area contributed by atoms with Crippen LogP contribution in [-0.2, 0) is 28.8 Å². The fourth-order valence-corrected chi connectivity index (χ4v) is 4.50. The van der Waals surface area contributed by atoms with Gasteiger partial charge in [-0.05, 0) is 44.9 Å².